The monoisotopic (exact) mass is 288 g/mol. The van der Waals surface area contributed by atoms with Gasteiger partial charge in [0.1, 0.15) is 5.92 Å². The highest BCUT2D eigenvalue weighted by atomic mass is 16.5. The van der Waals surface area contributed by atoms with Crippen molar-refractivity contribution in [1.82, 2.24) is 10.1 Å². The number of ether oxygens (including phenoxy) is 1. The lowest BCUT2D eigenvalue weighted by Gasteiger charge is -2.04. The van der Waals surface area contributed by atoms with Crippen molar-refractivity contribution in [3.05, 3.63) is 46.6 Å². The molecule has 1 heterocycles. The molecule has 1 unspecified atom stereocenters. The van der Waals surface area contributed by atoms with Gasteiger partial charge in [-0.1, -0.05) is 23.4 Å². The number of carbonyl (C=O) groups is 1. The third-order valence-electron chi connectivity index (χ3n) is 3.43. The van der Waals surface area contributed by atoms with Crippen molar-refractivity contribution in [2.45, 2.75) is 40.0 Å². The first-order chi connectivity index (χ1) is 10.0. The number of hydrogen-bond acceptors (Lipinski definition) is 5. The van der Waals surface area contributed by atoms with E-state index in [1.165, 1.54) is 11.1 Å². The molecule has 2 aromatic rings. The third-order valence-corrected chi connectivity index (χ3v) is 3.43. The number of carbonyl (C=O) groups excluding carboxylic acids is 1. The summed E-state index contributed by atoms with van der Waals surface area (Å²) in [6, 6.07) is 6.24. The summed E-state index contributed by atoms with van der Waals surface area (Å²) >= 11 is 0. The van der Waals surface area contributed by atoms with Crippen molar-refractivity contribution in [3.63, 3.8) is 0 Å². The van der Waals surface area contributed by atoms with Gasteiger partial charge >= 0.3 is 5.97 Å². The zero-order chi connectivity index (χ0) is 15.4. The molecule has 0 N–H and O–H groups in total. The van der Waals surface area contributed by atoms with Gasteiger partial charge in [-0.05, 0) is 44.4 Å². The number of esters is 1. The minimum atomic E-state index is -0.536. The molecule has 2 rings (SSSR count). The van der Waals surface area contributed by atoms with Crippen LogP contribution in [0.4, 0.5) is 0 Å². The Morgan fingerprint density at radius 1 is 1.33 bits per heavy atom. The van der Waals surface area contributed by atoms with Crippen LogP contribution in [0, 0.1) is 13.8 Å². The van der Waals surface area contributed by atoms with E-state index in [1.807, 2.05) is 6.07 Å². The van der Waals surface area contributed by atoms with Crippen LogP contribution in [0.3, 0.4) is 0 Å². The molecule has 1 atom stereocenters. The predicted octanol–water partition coefficient (Wildman–Crippen LogP) is 2.94. The van der Waals surface area contributed by atoms with Crippen LogP contribution in [0.5, 0.6) is 0 Å². The van der Waals surface area contributed by atoms with Gasteiger partial charge in [-0.2, -0.15) is 4.98 Å². The van der Waals surface area contributed by atoms with Crippen LogP contribution in [0.25, 0.3) is 0 Å². The molecule has 0 saturated heterocycles. The molecule has 0 aliphatic rings. The van der Waals surface area contributed by atoms with Gasteiger partial charge in [0, 0.05) is 6.42 Å². The average Bonchev–Trinajstić information content (AvgIpc) is 2.91. The summed E-state index contributed by atoms with van der Waals surface area (Å²) in [7, 11) is 0. The average molecular weight is 288 g/mol. The maximum absolute atomic E-state index is 11.6. The second-order valence-electron chi connectivity index (χ2n) is 5.12. The highest BCUT2D eigenvalue weighted by Gasteiger charge is 2.23. The maximum atomic E-state index is 11.6. The van der Waals surface area contributed by atoms with Crippen LogP contribution in [0.2, 0.25) is 0 Å². The van der Waals surface area contributed by atoms with Crippen LogP contribution in [0.15, 0.2) is 22.7 Å². The van der Waals surface area contributed by atoms with Gasteiger partial charge in [-0.3, -0.25) is 4.79 Å². The fourth-order valence-electron chi connectivity index (χ4n) is 1.98. The van der Waals surface area contributed by atoms with Gasteiger partial charge in [0.2, 0.25) is 5.89 Å². The van der Waals surface area contributed by atoms with Gasteiger partial charge in [0.25, 0.3) is 0 Å². The van der Waals surface area contributed by atoms with Gasteiger partial charge in [-0.15, -0.1) is 0 Å². The van der Waals surface area contributed by atoms with Crippen LogP contribution < -0.4 is 0 Å². The third kappa shape index (κ3) is 3.68. The molecule has 1 aromatic carbocycles. The van der Waals surface area contributed by atoms with Crippen LogP contribution in [0.1, 0.15) is 48.2 Å². The largest absolute Gasteiger partial charge is 0.465 e. The first-order valence-electron chi connectivity index (χ1n) is 7.06. The van der Waals surface area contributed by atoms with Crippen molar-refractivity contribution < 1.29 is 14.1 Å². The Labute approximate surface area is 124 Å². The van der Waals surface area contributed by atoms with E-state index in [4.69, 9.17) is 9.26 Å². The molecule has 0 aliphatic carbocycles. The second kappa shape index (κ2) is 6.52. The molecule has 1 aromatic heterocycles. The Kier molecular flexibility index (Phi) is 4.73. The molecule has 5 heteroatoms. The number of benzene rings is 1. The van der Waals surface area contributed by atoms with Crippen molar-refractivity contribution >= 4 is 5.97 Å². The van der Waals surface area contributed by atoms with Crippen molar-refractivity contribution in [2.75, 3.05) is 6.61 Å². The molecular weight excluding hydrogens is 268 g/mol. The smallest absolute Gasteiger partial charge is 0.318 e. The van der Waals surface area contributed by atoms with Crippen LogP contribution >= 0.6 is 0 Å². The predicted molar refractivity (Wildman–Crippen MR) is 78.1 cm³/mol. The number of hydrogen-bond donors (Lipinski definition) is 0. The molecule has 0 fully saturated rings. The first kappa shape index (κ1) is 15.2. The van der Waals surface area contributed by atoms with Gasteiger partial charge in [0.15, 0.2) is 5.82 Å². The van der Waals surface area contributed by atoms with E-state index >= 15 is 0 Å². The normalized spacial score (nSPS) is 12.2. The van der Waals surface area contributed by atoms with E-state index in [-0.39, 0.29) is 5.97 Å². The second-order valence-corrected chi connectivity index (χ2v) is 5.12. The summed E-state index contributed by atoms with van der Waals surface area (Å²) in [4.78, 5) is 15.9. The molecule has 112 valence electrons. The number of aromatic nitrogens is 2. The summed E-state index contributed by atoms with van der Waals surface area (Å²) in [5.41, 5.74) is 3.61. The molecule has 21 heavy (non-hydrogen) atoms. The number of rotatable bonds is 5. The SMILES string of the molecule is CCOC(=O)C(C)c1nc(Cc2ccc(C)c(C)c2)no1. The van der Waals surface area contributed by atoms with Crippen molar-refractivity contribution in [1.29, 1.82) is 0 Å². The van der Waals surface area contributed by atoms with E-state index in [2.05, 4.69) is 36.1 Å². The topological polar surface area (TPSA) is 65.2 Å². The van der Waals surface area contributed by atoms with E-state index < -0.39 is 5.92 Å². The summed E-state index contributed by atoms with van der Waals surface area (Å²) in [5.74, 6) is -0.0125. The van der Waals surface area contributed by atoms with E-state index in [0.717, 1.165) is 5.56 Å². The molecule has 0 aliphatic heterocycles. The first-order valence-corrected chi connectivity index (χ1v) is 7.06. The standard InChI is InChI=1S/C16H20N2O3/c1-5-20-16(19)12(4)15-17-14(18-21-15)9-13-7-6-10(2)11(3)8-13/h6-8,12H,5,9H2,1-4H3. The highest BCUT2D eigenvalue weighted by molar-refractivity contribution is 5.76. The summed E-state index contributed by atoms with van der Waals surface area (Å²) in [6.45, 7) is 7.96. The quantitative estimate of drug-likeness (QED) is 0.791. The Morgan fingerprint density at radius 3 is 2.76 bits per heavy atom. The lowest BCUT2D eigenvalue weighted by molar-refractivity contribution is -0.145. The lowest BCUT2D eigenvalue weighted by atomic mass is 10.0. The highest BCUT2D eigenvalue weighted by Crippen LogP contribution is 2.17. The molecule has 0 bridgehead atoms. The Bertz CT molecular complexity index is 634. The molecule has 5 nitrogen and oxygen atoms in total. The minimum Gasteiger partial charge on any atom is -0.465 e. The van der Waals surface area contributed by atoms with Crippen LogP contribution in [-0.2, 0) is 16.0 Å². The fourth-order valence-corrected chi connectivity index (χ4v) is 1.98. The lowest BCUT2D eigenvalue weighted by Crippen LogP contribution is -2.13. The van der Waals surface area contributed by atoms with Gasteiger partial charge < -0.3 is 9.26 Å². The Hall–Kier alpha value is -2.17. The molecule has 0 radical (unpaired) electrons. The summed E-state index contributed by atoms with van der Waals surface area (Å²) in [5, 5.41) is 3.93. The maximum Gasteiger partial charge on any atom is 0.318 e. The van der Waals surface area contributed by atoms with Crippen LogP contribution in [-0.4, -0.2) is 22.7 Å². The Morgan fingerprint density at radius 2 is 2.10 bits per heavy atom. The minimum absolute atomic E-state index is 0.298. The zero-order valence-corrected chi connectivity index (χ0v) is 12.8. The summed E-state index contributed by atoms with van der Waals surface area (Å²) < 4.78 is 10.1. The summed E-state index contributed by atoms with van der Waals surface area (Å²) in [6.07, 6.45) is 0.583. The van der Waals surface area contributed by atoms with E-state index in [0.29, 0.717) is 24.7 Å². The van der Waals surface area contributed by atoms with E-state index in [1.54, 1.807) is 13.8 Å². The molecule has 0 amide bonds. The van der Waals surface area contributed by atoms with E-state index in [9.17, 15) is 4.79 Å². The zero-order valence-electron chi connectivity index (χ0n) is 12.8. The molecular formula is C16H20N2O3. The van der Waals surface area contributed by atoms with Gasteiger partial charge in [0.05, 0.1) is 6.61 Å². The Balaban J connectivity index is 2.09. The fraction of sp³-hybridized carbons (Fsp3) is 0.438. The van der Waals surface area contributed by atoms with Crippen molar-refractivity contribution in [3.8, 4) is 0 Å². The van der Waals surface area contributed by atoms with Gasteiger partial charge in [-0.25, -0.2) is 0 Å². The number of aryl methyl sites for hydroxylation is 2. The number of nitrogens with zero attached hydrogens (tertiary/aromatic N) is 2. The molecule has 0 spiro atoms. The van der Waals surface area contributed by atoms with Crippen molar-refractivity contribution in [2.24, 2.45) is 0 Å². The molecule has 0 saturated carbocycles.